The minimum Gasteiger partial charge on any atom is -0.461 e. The lowest BCUT2D eigenvalue weighted by Crippen LogP contribution is -2.24. The number of carbonyl (C=O) groups excluding carboxylic acids is 2. The Morgan fingerprint density at radius 3 is 2.92 bits per heavy atom. The summed E-state index contributed by atoms with van der Waals surface area (Å²) in [6, 6.07) is 3.97. The summed E-state index contributed by atoms with van der Waals surface area (Å²) in [7, 11) is 1.61. The largest absolute Gasteiger partial charge is 0.461 e. The Labute approximate surface area is 154 Å². The molecular formula is C17H22N4O4S. The molecule has 1 aliphatic heterocycles. The number of amides is 1. The highest BCUT2D eigenvalue weighted by atomic mass is 32.1. The molecule has 140 valence electrons. The number of likely N-dealkylation sites (tertiary alicyclic amines) is 1. The Hall–Kier alpha value is -2.39. The second-order valence-corrected chi connectivity index (χ2v) is 7.18. The molecule has 0 spiro atoms. The maximum atomic E-state index is 12.0. The highest BCUT2D eigenvalue weighted by Gasteiger charge is 2.30. The maximum absolute atomic E-state index is 12.0. The number of imidazole rings is 1. The predicted molar refractivity (Wildman–Crippen MR) is 97.5 cm³/mol. The first-order chi connectivity index (χ1) is 12.5. The number of thiophene rings is 1. The summed E-state index contributed by atoms with van der Waals surface area (Å²) in [5.41, 5.74) is 0.292. The predicted octanol–water partition coefficient (Wildman–Crippen LogP) is 1.64. The number of nitrogens with zero attached hydrogens (tertiary/aromatic N) is 1. The number of esters is 1. The van der Waals surface area contributed by atoms with Gasteiger partial charge in [-0.3, -0.25) is 14.7 Å². The van der Waals surface area contributed by atoms with Crippen molar-refractivity contribution >= 4 is 23.2 Å². The van der Waals surface area contributed by atoms with Crippen LogP contribution in [-0.2, 0) is 11.3 Å². The van der Waals surface area contributed by atoms with Crippen LogP contribution < -0.4 is 11.0 Å². The van der Waals surface area contributed by atoms with E-state index >= 15 is 0 Å². The lowest BCUT2D eigenvalue weighted by atomic mass is 10.2. The molecule has 26 heavy (non-hydrogen) atoms. The molecule has 0 saturated carbocycles. The highest BCUT2D eigenvalue weighted by Crippen LogP contribution is 2.36. The van der Waals surface area contributed by atoms with Crippen LogP contribution in [0.15, 0.2) is 16.9 Å². The van der Waals surface area contributed by atoms with Crippen LogP contribution in [0.3, 0.4) is 0 Å². The molecule has 0 bridgehead atoms. The van der Waals surface area contributed by atoms with Gasteiger partial charge in [0.05, 0.1) is 17.2 Å². The van der Waals surface area contributed by atoms with E-state index in [9.17, 15) is 14.4 Å². The number of aromatic nitrogens is 2. The molecule has 3 N–H and O–H groups in total. The number of nitrogens with one attached hydrogen (secondary N) is 3. The van der Waals surface area contributed by atoms with Gasteiger partial charge in [-0.25, -0.2) is 9.59 Å². The molecule has 9 heteroatoms. The molecule has 0 unspecified atom stereocenters. The molecule has 1 saturated heterocycles. The van der Waals surface area contributed by atoms with Crippen LogP contribution in [0.4, 0.5) is 0 Å². The zero-order valence-electron chi connectivity index (χ0n) is 14.8. The number of rotatable bonds is 6. The average molecular weight is 378 g/mol. The molecule has 1 amide bonds. The van der Waals surface area contributed by atoms with Gasteiger partial charge in [-0.1, -0.05) is 0 Å². The standard InChI is InChI=1S/C17H22N4O4S/c1-3-25-16(23)14-10(19-17(24)20-14)9-21-8-4-5-11(21)12-6-7-13(26-12)15(22)18-2/h6-7,11H,3-5,8-9H2,1-2H3,(H,18,22)(H2,19,20,24)/t11-/m0/s1. The number of aromatic amines is 2. The summed E-state index contributed by atoms with van der Waals surface area (Å²) in [4.78, 5) is 44.7. The topological polar surface area (TPSA) is 107 Å². The Morgan fingerprint density at radius 1 is 1.38 bits per heavy atom. The highest BCUT2D eigenvalue weighted by molar-refractivity contribution is 7.14. The van der Waals surface area contributed by atoms with Crippen molar-refractivity contribution in [2.75, 3.05) is 20.2 Å². The summed E-state index contributed by atoms with van der Waals surface area (Å²) in [6.07, 6.45) is 1.98. The van der Waals surface area contributed by atoms with E-state index in [0.717, 1.165) is 24.3 Å². The minimum absolute atomic E-state index is 0.0923. The maximum Gasteiger partial charge on any atom is 0.356 e. The smallest absolute Gasteiger partial charge is 0.356 e. The van der Waals surface area contributed by atoms with Crippen molar-refractivity contribution in [1.29, 1.82) is 0 Å². The van der Waals surface area contributed by atoms with Gasteiger partial charge in [0.2, 0.25) is 0 Å². The fraction of sp³-hybridized carbons (Fsp3) is 0.471. The quantitative estimate of drug-likeness (QED) is 0.663. The third-order valence-corrected chi connectivity index (χ3v) is 5.60. The SMILES string of the molecule is CCOC(=O)c1[nH]c(=O)[nH]c1CN1CCC[C@H]1c1ccc(C(=O)NC)s1. The Kier molecular flexibility index (Phi) is 5.58. The van der Waals surface area contributed by atoms with Gasteiger partial charge in [0.25, 0.3) is 5.91 Å². The molecule has 3 heterocycles. The molecule has 1 atom stereocenters. The molecular weight excluding hydrogens is 356 g/mol. The van der Waals surface area contributed by atoms with Gasteiger partial charge in [-0.05, 0) is 38.4 Å². The van der Waals surface area contributed by atoms with Crippen LogP contribution in [0.25, 0.3) is 0 Å². The van der Waals surface area contributed by atoms with Gasteiger partial charge in [0.1, 0.15) is 5.69 Å². The van der Waals surface area contributed by atoms with Gasteiger partial charge in [0, 0.05) is 24.5 Å². The van der Waals surface area contributed by atoms with E-state index in [4.69, 9.17) is 4.74 Å². The van der Waals surface area contributed by atoms with Crippen LogP contribution in [-0.4, -0.2) is 46.9 Å². The minimum atomic E-state index is -0.533. The van der Waals surface area contributed by atoms with Crippen molar-refractivity contribution in [3.05, 3.63) is 43.8 Å². The fourth-order valence-corrected chi connectivity index (χ4v) is 4.36. The number of ether oxygens (including phenoxy) is 1. The zero-order valence-corrected chi connectivity index (χ0v) is 15.6. The molecule has 2 aromatic rings. The monoisotopic (exact) mass is 378 g/mol. The summed E-state index contributed by atoms with van der Waals surface area (Å²) >= 11 is 1.48. The van der Waals surface area contributed by atoms with Crippen molar-refractivity contribution < 1.29 is 14.3 Å². The van der Waals surface area contributed by atoms with Crippen molar-refractivity contribution in [2.45, 2.75) is 32.4 Å². The first kappa shape index (κ1) is 18.4. The first-order valence-corrected chi connectivity index (χ1v) is 9.39. The van der Waals surface area contributed by atoms with Gasteiger partial charge in [0.15, 0.2) is 0 Å². The summed E-state index contributed by atoms with van der Waals surface area (Å²) in [5, 5.41) is 2.63. The van der Waals surface area contributed by atoms with Gasteiger partial charge in [-0.2, -0.15) is 0 Å². The molecule has 2 aromatic heterocycles. The van der Waals surface area contributed by atoms with Crippen LogP contribution in [0.2, 0.25) is 0 Å². The van der Waals surface area contributed by atoms with Crippen molar-refractivity contribution in [3.63, 3.8) is 0 Å². The second-order valence-electron chi connectivity index (χ2n) is 6.06. The fourth-order valence-electron chi connectivity index (χ4n) is 3.23. The molecule has 8 nitrogen and oxygen atoms in total. The van der Waals surface area contributed by atoms with E-state index in [1.54, 1.807) is 14.0 Å². The molecule has 1 aliphatic rings. The third-order valence-electron chi connectivity index (χ3n) is 4.42. The molecule has 0 aromatic carbocycles. The zero-order chi connectivity index (χ0) is 18.7. The van der Waals surface area contributed by atoms with Crippen LogP contribution >= 0.6 is 11.3 Å². The Balaban J connectivity index is 1.79. The van der Waals surface area contributed by atoms with E-state index in [-0.39, 0.29) is 24.2 Å². The van der Waals surface area contributed by atoms with E-state index in [1.807, 2.05) is 12.1 Å². The van der Waals surface area contributed by atoms with E-state index in [0.29, 0.717) is 17.1 Å². The van der Waals surface area contributed by atoms with Crippen molar-refractivity contribution in [1.82, 2.24) is 20.2 Å². The summed E-state index contributed by atoms with van der Waals surface area (Å²) < 4.78 is 5.01. The Bertz CT molecular complexity index is 853. The summed E-state index contributed by atoms with van der Waals surface area (Å²) in [5.74, 6) is -0.625. The number of H-pyrrole nitrogens is 2. The van der Waals surface area contributed by atoms with Gasteiger partial charge < -0.3 is 15.0 Å². The summed E-state index contributed by atoms with van der Waals surface area (Å²) in [6.45, 7) is 3.26. The van der Waals surface area contributed by atoms with Crippen LogP contribution in [0.5, 0.6) is 0 Å². The third kappa shape index (κ3) is 3.73. The number of hydrogen-bond acceptors (Lipinski definition) is 6. The lowest BCUT2D eigenvalue weighted by Gasteiger charge is -2.23. The normalized spacial score (nSPS) is 17.4. The molecule has 0 radical (unpaired) electrons. The first-order valence-electron chi connectivity index (χ1n) is 8.57. The Morgan fingerprint density at radius 2 is 2.19 bits per heavy atom. The lowest BCUT2D eigenvalue weighted by molar-refractivity contribution is 0.0517. The van der Waals surface area contributed by atoms with Crippen molar-refractivity contribution in [3.8, 4) is 0 Å². The van der Waals surface area contributed by atoms with Gasteiger partial charge >= 0.3 is 11.7 Å². The molecule has 1 fully saturated rings. The number of carbonyl (C=O) groups is 2. The number of hydrogen-bond donors (Lipinski definition) is 3. The molecule has 0 aliphatic carbocycles. The van der Waals surface area contributed by atoms with E-state index in [1.165, 1.54) is 11.3 Å². The van der Waals surface area contributed by atoms with E-state index < -0.39 is 11.7 Å². The van der Waals surface area contributed by atoms with Gasteiger partial charge in [-0.15, -0.1) is 11.3 Å². The van der Waals surface area contributed by atoms with Crippen LogP contribution in [0.1, 0.15) is 56.5 Å². The average Bonchev–Trinajstić information content (AvgIpc) is 3.34. The van der Waals surface area contributed by atoms with E-state index in [2.05, 4.69) is 20.2 Å². The second kappa shape index (κ2) is 7.88. The van der Waals surface area contributed by atoms with Crippen molar-refractivity contribution in [2.24, 2.45) is 0 Å². The molecule has 3 rings (SSSR count). The van der Waals surface area contributed by atoms with Crippen LogP contribution in [0, 0.1) is 0 Å².